The second-order valence-electron chi connectivity index (χ2n) is 6.46. The third-order valence-electron chi connectivity index (χ3n) is 3.85. The van der Waals surface area contributed by atoms with Gasteiger partial charge in [-0.3, -0.25) is 0 Å². The molecule has 2 aromatic rings. The van der Waals surface area contributed by atoms with Crippen molar-refractivity contribution in [1.29, 1.82) is 0 Å². The van der Waals surface area contributed by atoms with Crippen LogP contribution in [0.2, 0.25) is 0 Å². The Morgan fingerprint density at radius 1 is 1.09 bits per heavy atom. The van der Waals surface area contributed by atoms with Gasteiger partial charge in [0.15, 0.2) is 5.11 Å². The first kappa shape index (κ1) is 17.4. The van der Waals surface area contributed by atoms with Crippen LogP contribution in [0.25, 0.3) is 0 Å². The molecule has 1 unspecified atom stereocenters. The Labute approximate surface area is 143 Å². The Morgan fingerprint density at radius 3 is 2.30 bits per heavy atom. The molecule has 1 atom stereocenters. The number of nitrogens with one attached hydrogen (secondary N) is 2. The zero-order valence-electron chi connectivity index (χ0n) is 13.8. The Bertz CT molecular complexity index is 638. The van der Waals surface area contributed by atoms with Crippen LogP contribution in [0.1, 0.15) is 32.8 Å². The van der Waals surface area contributed by atoms with Gasteiger partial charge in [0.25, 0.3) is 0 Å². The van der Waals surface area contributed by atoms with Crippen molar-refractivity contribution >= 4 is 23.0 Å². The lowest BCUT2D eigenvalue weighted by Crippen LogP contribution is -2.39. The maximum Gasteiger partial charge on any atom is 0.170 e. The zero-order valence-corrected chi connectivity index (χ0v) is 14.6. The van der Waals surface area contributed by atoms with Crippen molar-refractivity contribution in [2.24, 2.45) is 0 Å². The summed E-state index contributed by atoms with van der Waals surface area (Å²) in [6.45, 7) is 6.58. The Morgan fingerprint density at radius 2 is 1.70 bits per heavy atom. The van der Waals surface area contributed by atoms with Crippen LogP contribution in [0, 0.1) is 5.82 Å². The monoisotopic (exact) mass is 330 g/mol. The van der Waals surface area contributed by atoms with E-state index >= 15 is 0 Å². The minimum atomic E-state index is -0.257. The van der Waals surface area contributed by atoms with E-state index < -0.39 is 0 Å². The first-order chi connectivity index (χ1) is 10.9. The van der Waals surface area contributed by atoms with Crippen LogP contribution < -0.4 is 10.6 Å². The smallest absolute Gasteiger partial charge is 0.170 e. The average molecular weight is 330 g/mol. The number of halogens is 1. The largest absolute Gasteiger partial charge is 0.360 e. The van der Waals surface area contributed by atoms with Gasteiger partial charge in [-0.2, -0.15) is 0 Å². The molecule has 23 heavy (non-hydrogen) atoms. The summed E-state index contributed by atoms with van der Waals surface area (Å²) in [5.74, 6) is -0.257. The highest BCUT2D eigenvalue weighted by atomic mass is 32.1. The lowest BCUT2D eigenvalue weighted by Gasteiger charge is -2.29. The minimum Gasteiger partial charge on any atom is -0.360 e. The predicted molar refractivity (Wildman–Crippen MR) is 99.3 cm³/mol. The van der Waals surface area contributed by atoms with Crippen LogP contribution in [-0.2, 0) is 5.41 Å². The van der Waals surface area contributed by atoms with Crippen molar-refractivity contribution in [3.05, 3.63) is 66.0 Å². The molecule has 0 radical (unpaired) electrons. The topological polar surface area (TPSA) is 24.1 Å². The molecule has 0 saturated carbocycles. The second kappa shape index (κ2) is 7.55. The summed E-state index contributed by atoms with van der Waals surface area (Å²) in [6, 6.07) is 16.8. The van der Waals surface area contributed by atoms with Crippen molar-refractivity contribution in [2.75, 3.05) is 5.32 Å². The molecule has 0 aromatic heterocycles. The van der Waals surface area contributed by atoms with Crippen LogP contribution in [0.5, 0.6) is 0 Å². The Kier molecular flexibility index (Phi) is 5.72. The van der Waals surface area contributed by atoms with E-state index in [-0.39, 0.29) is 17.3 Å². The van der Waals surface area contributed by atoms with Crippen LogP contribution in [0.15, 0.2) is 54.6 Å². The fourth-order valence-electron chi connectivity index (χ4n) is 2.75. The molecular formula is C19H23FN2S. The fourth-order valence-corrected chi connectivity index (χ4v) is 3.07. The normalized spacial score (nSPS) is 12.5. The van der Waals surface area contributed by atoms with Gasteiger partial charge in [0.2, 0.25) is 0 Å². The molecule has 0 fully saturated rings. The van der Waals surface area contributed by atoms with Gasteiger partial charge < -0.3 is 10.6 Å². The molecule has 0 aliphatic rings. The highest BCUT2D eigenvalue weighted by Crippen LogP contribution is 2.28. The molecule has 122 valence electrons. The lowest BCUT2D eigenvalue weighted by molar-refractivity contribution is 0.420. The van der Waals surface area contributed by atoms with Gasteiger partial charge in [-0.05, 0) is 60.8 Å². The van der Waals surface area contributed by atoms with E-state index in [2.05, 4.69) is 55.7 Å². The molecule has 0 heterocycles. The highest BCUT2D eigenvalue weighted by Gasteiger charge is 2.23. The maximum atomic E-state index is 12.9. The van der Waals surface area contributed by atoms with Gasteiger partial charge in [0, 0.05) is 11.7 Å². The van der Waals surface area contributed by atoms with Gasteiger partial charge in [-0.1, -0.05) is 44.2 Å². The van der Waals surface area contributed by atoms with Gasteiger partial charge in [0.05, 0.1) is 0 Å². The molecule has 0 bridgehead atoms. The van der Waals surface area contributed by atoms with E-state index in [9.17, 15) is 4.39 Å². The number of hydrogen-bond donors (Lipinski definition) is 2. The molecule has 0 spiro atoms. The number of benzene rings is 2. The van der Waals surface area contributed by atoms with E-state index in [0.29, 0.717) is 5.11 Å². The first-order valence-electron chi connectivity index (χ1n) is 7.75. The Balaban J connectivity index is 1.89. The summed E-state index contributed by atoms with van der Waals surface area (Å²) in [4.78, 5) is 0. The number of anilines is 1. The van der Waals surface area contributed by atoms with Crippen LogP contribution in [0.4, 0.5) is 10.1 Å². The zero-order chi connectivity index (χ0) is 16.9. The maximum absolute atomic E-state index is 12.9. The van der Waals surface area contributed by atoms with Crippen molar-refractivity contribution in [2.45, 2.75) is 38.6 Å². The van der Waals surface area contributed by atoms with Crippen LogP contribution in [0.3, 0.4) is 0 Å². The van der Waals surface area contributed by atoms with E-state index in [1.54, 1.807) is 12.1 Å². The molecule has 0 aliphatic carbocycles. The van der Waals surface area contributed by atoms with E-state index in [1.165, 1.54) is 17.7 Å². The van der Waals surface area contributed by atoms with Gasteiger partial charge in [-0.25, -0.2) is 4.39 Å². The van der Waals surface area contributed by atoms with E-state index in [0.717, 1.165) is 12.1 Å². The number of thiocarbonyl (C=S) groups is 1. The van der Waals surface area contributed by atoms with E-state index in [4.69, 9.17) is 12.2 Å². The second-order valence-corrected chi connectivity index (χ2v) is 6.87. The summed E-state index contributed by atoms with van der Waals surface area (Å²) < 4.78 is 12.9. The quantitative estimate of drug-likeness (QED) is 0.765. The fraction of sp³-hybridized carbons (Fsp3) is 0.316. The highest BCUT2D eigenvalue weighted by molar-refractivity contribution is 7.80. The third-order valence-corrected chi connectivity index (χ3v) is 4.07. The van der Waals surface area contributed by atoms with Crippen molar-refractivity contribution in [3.63, 3.8) is 0 Å². The molecule has 2 nitrogen and oxygen atoms in total. The lowest BCUT2D eigenvalue weighted by atomic mass is 9.79. The summed E-state index contributed by atoms with van der Waals surface area (Å²) >= 11 is 5.34. The van der Waals surface area contributed by atoms with Crippen molar-refractivity contribution in [1.82, 2.24) is 5.32 Å². The minimum absolute atomic E-state index is 0.0547. The summed E-state index contributed by atoms with van der Waals surface area (Å²) in [5, 5.41) is 6.92. The summed E-state index contributed by atoms with van der Waals surface area (Å²) in [6.07, 6.45) is 0.947. The molecule has 2 rings (SSSR count). The van der Waals surface area contributed by atoms with Crippen LogP contribution >= 0.6 is 12.2 Å². The molecule has 4 heteroatoms. The van der Waals surface area contributed by atoms with E-state index in [1.807, 2.05) is 6.07 Å². The molecular weight excluding hydrogens is 307 g/mol. The Hall–Kier alpha value is -1.94. The molecule has 0 aliphatic heterocycles. The van der Waals surface area contributed by atoms with Gasteiger partial charge >= 0.3 is 0 Å². The standard InChI is InChI=1S/C19H23FN2S/c1-14(13-19(2,3)15-7-5-4-6-8-15)21-18(23)22-17-11-9-16(20)10-12-17/h4-12,14H,13H2,1-3H3,(H2,21,22,23). The molecule has 2 aromatic carbocycles. The number of rotatable bonds is 5. The predicted octanol–water partition coefficient (Wildman–Crippen LogP) is 4.87. The number of hydrogen-bond acceptors (Lipinski definition) is 1. The first-order valence-corrected chi connectivity index (χ1v) is 8.16. The molecule has 0 saturated heterocycles. The summed E-state index contributed by atoms with van der Waals surface area (Å²) in [7, 11) is 0. The van der Waals surface area contributed by atoms with Crippen molar-refractivity contribution < 1.29 is 4.39 Å². The SMILES string of the molecule is CC(CC(C)(C)c1ccccc1)NC(=S)Nc1ccc(F)cc1. The van der Waals surface area contributed by atoms with Gasteiger partial charge in [0.1, 0.15) is 5.82 Å². The molecule has 0 amide bonds. The molecule has 2 N–H and O–H groups in total. The summed E-state index contributed by atoms with van der Waals surface area (Å²) in [5.41, 5.74) is 2.14. The third kappa shape index (κ3) is 5.32. The van der Waals surface area contributed by atoms with Crippen molar-refractivity contribution in [3.8, 4) is 0 Å². The van der Waals surface area contributed by atoms with Crippen LogP contribution in [-0.4, -0.2) is 11.2 Å². The van der Waals surface area contributed by atoms with Gasteiger partial charge in [-0.15, -0.1) is 0 Å². The average Bonchev–Trinajstić information content (AvgIpc) is 2.49.